The summed E-state index contributed by atoms with van der Waals surface area (Å²) in [6.07, 6.45) is -0.242. The van der Waals surface area contributed by atoms with Crippen LogP contribution in [-0.4, -0.2) is 62.7 Å². The van der Waals surface area contributed by atoms with E-state index in [0.717, 1.165) is 17.3 Å². The Balaban J connectivity index is 1.15. The van der Waals surface area contributed by atoms with E-state index < -0.39 is 29.0 Å². The standard InChI is InChI=1S/C28H28F3N9O4/c1-17(36-22-12-35-40(26(41)24(22)28(29,30)31)13-18-3-5-21(42-2)6-4-18)15-43-16-23-37-25(38-44-23)20-7-8-39(14-20)27-33-10-19(9-32)11-34-27/h3-6,10-12,17,20,36H,7-8,13-16H2,1-2H3. The van der Waals surface area contributed by atoms with Gasteiger partial charge in [0.05, 0.1) is 50.1 Å². The van der Waals surface area contributed by atoms with Gasteiger partial charge >= 0.3 is 6.18 Å². The van der Waals surface area contributed by atoms with Crippen molar-refractivity contribution >= 4 is 11.6 Å². The van der Waals surface area contributed by atoms with Crippen molar-refractivity contribution in [1.29, 1.82) is 5.26 Å². The highest BCUT2D eigenvalue weighted by Gasteiger charge is 2.38. The van der Waals surface area contributed by atoms with Gasteiger partial charge in [-0.3, -0.25) is 4.79 Å². The summed E-state index contributed by atoms with van der Waals surface area (Å²) >= 11 is 0. The van der Waals surface area contributed by atoms with Crippen LogP contribution in [0.25, 0.3) is 0 Å². The molecule has 1 aromatic carbocycles. The molecule has 5 rings (SSSR count). The number of halogens is 3. The lowest BCUT2D eigenvalue weighted by Gasteiger charge is -2.19. The molecule has 2 unspecified atom stereocenters. The highest BCUT2D eigenvalue weighted by Crippen LogP contribution is 2.32. The molecule has 0 aliphatic carbocycles. The van der Waals surface area contributed by atoms with E-state index in [0.29, 0.717) is 41.7 Å². The van der Waals surface area contributed by atoms with Crippen LogP contribution in [0.1, 0.15) is 47.7 Å². The average molecular weight is 612 g/mol. The second-order valence-corrected chi connectivity index (χ2v) is 10.2. The Hall–Kier alpha value is -5.04. The van der Waals surface area contributed by atoms with Gasteiger partial charge in [-0.1, -0.05) is 17.3 Å². The summed E-state index contributed by atoms with van der Waals surface area (Å²) in [6.45, 7) is 2.65. The summed E-state index contributed by atoms with van der Waals surface area (Å²) in [5, 5.41) is 19.6. The number of nitrogens with zero attached hydrogens (tertiary/aromatic N) is 8. The first-order valence-electron chi connectivity index (χ1n) is 13.6. The molecule has 230 valence electrons. The molecule has 4 heterocycles. The lowest BCUT2D eigenvalue weighted by atomic mass is 10.1. The van der Waals surface area contributed by atoms with Crippen LogP contribution in [0, 0.1) is 11.3 Å². The summed E-state index contributed by atoms with van der Waals surface area (Å²) in [5.41, 5.74) is -2.08. The molecule has 1 N–H and O–H groups in total. The van der Waals surface area contributed by atoms with Crippen molar-refractivity contribution in [3.05, 3.63) is 81.6 Å². The Kier molecular flexibility index (Phi) is 9.04. The third-order valence-electron chi connectivity index (χ3n) is 6.90. The van der Waals surface area contributed by atoms with E-state index in [1.165, 1.54) is 19.5 Å². The summed E-state index contributed by atoms with van der Waals surface area (Å²) in [5.74, 6) is 1.80. The van der Waals surface area contributed by atoms with E-state index >= 15 is 0 Å². The molecule has 1 fully saturated rings. The van der Waals surface area contributed by atoms with Crippen molar-refractivity contribution < 1.29 is 27.2 Å². The van der Waals surface area contributed by atoms with Gasteiger partial charge in [0, 0.05) is 25.0 Å². The minimum Gasteiger partial charge on any atom is -0.497 e. The fourth-order valence-electron chi connectivity index (χ4n) is 4.71. The average Bonchev–Trinajstić information content (AvgIpc) is 3.69. The molecule has 0 amide bonds. The minimum atomic E-state index is -4.91. The number of anilines is 2. The first kappa shape index (κ1) is 30.4. The largest absolute Gasteiger partial charge is 0.497 e. The maximum atomic E-state index is 14.0. The Morgan fingerprint density at radius 3 is 2.64 bits per heavy atom. The van der Waals surface area contributed by atoms with E-state index in [2.05, 4.69) is 30.5 Å². The zero-order valence-corrected chi connectivity index (χ0v) is 23.8. The van der Waals surface area contributed by atoms with Gasteiger partial charge in [-0.05, 0) is 31.0 Å². The fourth-order valence-corrected chi connectivity index (χ4v) is 4.71. The zero-order chi connectivity index (χ0) is 31.3. The highest BCUT2D eigenvalue weighted by molar-refractivity contribution is 5.50. The van der Waals surface area contributed by atoms with Crippen molar-refractivity contribution in [2.45, 2.75) is 44.6 Å². The van der Waals surface area contributed by atoms with Crippen LogP contribution in [0.3, 0.4) is 0 Å². The molecule has 0 bridgehead atoms. The molecule has 1 saturated heterocycles. The molecule has 3 aromatic heterocycles. The Bertz CT molecular complexity index is 1670. The van der Waals surface area contributed by atoms with Crippen LogP contribution in [0.2, 0.25) is 0 Å². The Labute approximate surface area is 249 Å². The number of nitrogens with one attached hydrogen (secondary N) is 1. The predicted molar refractivity (Wildman–Crippen MR) is 149 cm³/mol. The van der Waals surface area contributed by atoms with Gasteiger partial charge in [-0.15, -0.1) is 0 Å². The van der Waals surface area contributed by atoms with Crippen molar-refractivity contribution in [2.24, 2.45) is 0 Å². The fraction of sp³-hybridized carbons (Fsp3) is 0.393. The SMILES string of the molecule is COc1ccc(Cn2ncc(NC(C)COCc3nc(C4CCN(c5ncc(C#N)cn5)C4)no3)c(C(F)(F)F)c2=O)cc1. The quantitative estimate of drug-likeness (QED) is 0.264. The molecular formula is C28H28F3N9O4. The molecule has 16 heteroatoms. The molecule has 1 aliphatic heterocycles. The summed E-state index contributed by atoms with van der Waals surface area (Å²) in [4.78, 5) is 27.6. The van der Waals surface area contributed by atoms with Crippen LogP contribution < -0.4 is 20.5 Å². The van der Waals surface area contributed by atoms with E-state index in [1.54, 1.807) is 31.2 Å². The van der Waals surface area contributed by atoms with Gasteiger partial charge in [0.1, 0.15) is 24.0 Å². The lowest BCUT2D eigenvalue weighted by molar-refractivity contribution is -0.138. The van der Waals surface area contributed by atoms with Crippen LogP contribution in [0.4, 0.5) is 24.8 Å². The van der Waals surface area contributed by atoms with Gasteiger partial charge in [0.15, 0.2) is 5.82 Å². The van der Waals surface area contributed by atoms with E-state index in [4.69, 9.17) is 19.3 Å². The van der Waals surface area contributed by atoms with Crippen LogP contribution >= 0.6 is 0 Å². The van der Waals surface area contributed by atoms with E-state index in [-0.39, 0.29) is 31.6 Å². The Morgan fingerprint density at radius 1 is 1.20 bits per heavy atom. The van der Waals surface area contributed by atoms with Gasteiger partial charge in [0.2, 0.25) is 5.95 Å². The first-order chi connectivity index (χ1) is 21.1. The number of methoxy groups -OCH3 is 1. The highest BCUT2D eigenvalue weighted by atomic mass is 19.4. The normalized spacial score (nSPS) is 15.6. The second-order valence-electron chi connectivity index (χ2n) is 10.2. The molecule has 2 atom stereocenters. The summed E-state index contributed by atoms with van der Waals surface area (Å²) < 4.78 is 58.6. The van der Waals surface area contributed by atoms with Gasteiger partial charge < -0.3 is 24.2 Å². The zero-order valence-electron chi connectivity index (χ0n) is 23.8. The molecule has 13 nitrogen and oxygen atoms in total. The second kappa shape index (κ2) is 13.1. The van der Waals surface area contributed by atoms with Crippen molar-refractivity contribution in [3.63, 3.8) is 0 Å². The topological polar surface area (TPSA) is 157 Å². The number of nitriles is 1. The molecule has 0 spiro atoms. The molecule has 0 radical (unpaired) electrons. The third-order valence-corrected chi connectivity index (χ3v) is 6.90. The summed E-state index contributed by atoms with van der Waals surface area (Å²) in [7, 11) is 1.50. The monoisotopic (exact) mass is 611 g/mol. The Morgan fingerprint density at radius 2 is 1.95 bits per heavy atom. The van der Waals surface area contributed by atoms with Crippen LogP contribution in [0.5, 0.6) is 5.75 Å². The number of alkyl halides is 3. The van der Waals surface area contributed by atoms with Crippen molar-refractivity contribution in [1.82, 2.24) is 29.9 Å². The molecule has 44 heavy (non-hydrogen) atoms. The maximum absolute atomic E-state index is 14.0. The number of hydrogen-bond acceptors (Lipinski definition) is 12. The van der Waals surface area contributed by atoms with Crippen LogP contribution in [0.15, 0.2) is 52.2 Å². The van der Waals surface area contributed by atoms with E-state index in [1.807, 2.05) is 11.0 Å². The third kappa shape index (κ3) is 7.11. The number of hydrogen-bond donors (Lipinski definition) is 1. The van der Waals surface area contributed by atoms with Gasteiger partial charge in [-0.2, -0.15) is 28.5 Å². The molecule has 1 aliphatic rings. The van der Waals surface area contributed by atoms with Crippen molar-refractivity contribution in [2.75, 3.05) is 37.0 Å². The summed E-state index contributed by atoms with van der Waals surface area (Å²) in [6, 6.07) is 7.95. The lowest BCUT2D eigenvalue weighted by Crippen LogP contribution is -2.34. The van der Waals surface area contributed by atoms with E-state index in [9.17, 15) is 18.0 Å². The van der Waals surface area contributed by atoms with Gasteiger partial charge in [0.25, 0.3) is 11.4 Å². The smallest absolute Gasteiger partial charge is 0.423 e. The number of ether oxygens (including phenoxy) is 2. The number of benzene rings is 1. The first-order valence-corrected chi connectivity index (χ1v) is 13.6. The van der Waals surface area contributed by atoms with Gasteiger partial charge in [-0.25, -0.2) is 14.6 Å². The molecular weight excluding hydrogens is 583 g/mol. The molecule has 0 saturated carbocycles. The maximum Gasteiger partial charge on any atom is 0.423 e. The molecule has 4 aromatic rings. The van der Waals surface area contributed by atoms with Crippen molar-refractivity contribution in [3.8, 4) is 11.8 Å². The van der Waals surface area contributed by atoms with Crippen LogP contribution in [-0.2, 0) is 24.1 Å². The minimum absolute atomic E-state index is 0.0167. The number of aromatic nitrogens is 6. The predicted octanol–water partition coefficient (Wildman–Crippen LogP) is 3.37. The number of rotatable bonds is 11.